The lowest BCUT2D eigenvalue weighted by atomic mass is 10.3. The molecule has 41 valence electrons. The number of hydrogen-bond donors (Lipinski definition) is 0. The van der Waals surface area contributed by atoms with E-state index >= 15 is 0 Å². The Labute approximate surface area is 50.2 Å². The highest BCUT2D eigenvalue weighted by Crippen LogP contribution is 1.87. The average Bonchev–Trinajstić information content (AvgIpc) is 1.69. The molecule has 0 N–H and O–H groups in total. The first-order valence-electron chi connectivity index (χ1n) is 2.42. The van der Waals surface area contributed by atoms with Crippen molar-refractivity contribution in [2.24, 2.45) is 0 Å². The van der Waals surface area contributed by atoms with Crippen molar-refractivity contribution in [2.75, 3.05) is 5.88 Å². The summed E-state index contributed by atoms with van der Waals surface area (Å²) in [4.78, 5) is 0. The molecule has 0 aliphatic heterocycles. The maximum atomic E-state index is 5.33. The minimum Gasteiger partial charge on any atom is -0.122 e. The maximum absolute atomic E-state index is 5.33. The van der Waals surface area contributed by atoms with Crippen LogP contribution in [0.15, 0.2) is 12.2 Å². The highest BCUT2D eigenvalue weighted by atomic mass is 35.5. The molecule has 0 amide bonds. The quantitative estimate of drug-likeness (QED) is 0.393. The zero-order valence-corrected chi connectivity index (χ0v) is 5.12. The third-order valence-corrected chi connectivity index (χ3v) is 0.805. The monoisotopic (exact) mass is 117 g/mol. The molecule has 0 bridgehead atoms. The molecule has 0 atom stereocenters. The Kier molecular flexibility index (Phi) is 6.06. The molecule has 0 saturated heterocycles. The second kappa shape index (κ2) is 6.03. The van der Waals surface area contributed by atoms with Crippen LogP contribution in [0.1, 0.15) is 12.8 Å². The fraction of sp³-hybridized carbons (Fsp3) is 0.500. The molecule has 0 saturated carbocycles. The van der Waals surface area contributed by atoms with Gasteiger partial charge in [-0.05, 0) is 12.8 Å². The second-order valence-electron chi connectivity index (χ2n) is 1.27. The average molecular weight is 118 g/mol. The fourth-order valence-corrected chi connectivity index (χ4v) is 0.425. The number of rotatable bonds is 3. The third-order valence-electron chi connectivity index (χ3n) is 0.627. The molecule has 0 fully saturated rings. The lowest BCUT2D eigenvalue weighted by Crippen LogP contribution is -1.62. The maximum Gasteiger partial charge on any atom is 0.0404 e. The SMILES string of the molecule is [CH2]CC/C=C/CCl. The standard InChI is InChI=1S/C6H10Cl/c1-2-3-4-5-6-7/h4-5H,1-3,6H2/b5-4+. The highest BCUT2D eigenvalue weighted by molar-refractivity contribution is 6.18. The lowest BCUT2D eigenvalue weighted by Gasteiger charge is -1.78. The number of allylic oxidation sites excluding steroid dienone is 2. The van der Waals surface area contributed by atoms with E-state index in [-0.39, 0.29) is 0 Å². The van der Waals surface area contributed by atoms with Gasteiger partial charge in [-0.2, -0.15) is 0 Å². The van der Waals surface area contributed by atoms with E-state index in [2.05, 4.69) is 6.92 Å². The molecule has 0 aromatic carbocycles. The zero-order chi connectivity index (χ0) is 5.54. The van der Waals surface area contributed by atoms with Crippen molar-refractivity contribution in [3.63, 3.8) is 0 Å². The number of hydrogen-bond acceptors (Lipinski definition) is 0. The normalized spacial score (nSPS) is 10.6. The summed E-state index contributed by atoms with van der Waals surface area (Å²) in [6, 6.07) is 0. The summed E-state index contributed by atoms with van der Waals surface area (Å²) < 4.78 is 0. The molecule has 0 aliphatic carbocycles. The summed E-state index contributed by atoms with van der Waals surface area (Å²) in [6.07, 6.45) is 5.99. The van der Waals surface area contributed by atoms with Crippen molar-refractivity contribution >= 4 is 11.6 Å². The topological polar surface area (TPSA) is 0 Å². The Morgan fingerprint density at radius 1 is 1.43 bits per heavy atom. The van der Waals surface area contributed by atoms with Gasteiger partial charge in [0.2, 0.25) is 0 Å². The summed E-state index contributed by atoms with van der Waals surface area (Å²) >= 11 is 5.33. The predicted octanol–water partition coefficient (Wildman–Crippen LogP) is 2.40. The minimum absolute atomic E-state index is 0.625. The van der Waals surface area contributed by atoms with Crippen LogP contribution in [0.4, 0.5) is 0 Å². The Morgan fingerprint density at radius 3 is 2.57 bits per heavy atom. The van der Waals surface area contributed by atoms with Crippen LogP contribution in [0.2, 0.25) is 0 Å². The van der Waals surface area contributed by atoms with Gasteiger partial charge < -0.3 is 0 Å². The van der Waals surface area contributed by atoms with Gasteiger partial charge in [0.05, 0.1) is 0 Å². The van der Waals surface area contributed by atoms with Crippen LogP contribution in [0.3, 0.4) is 0 Å². The molecule has 1 heteroatoms. The van der Waals surface area contributed by atoms with Crippen molar-refractivity contribution in [2.45, 2.75) is 12.8 Å². The summed E-state index contributed by atoms with van der Waals surface area (Å²) in [7, 11) is 0. The smallest absolute Gasteiger partial charge is 0.0404 e. The molecule has 0 spiro atoms. The fourth-order valence-electron chi connectivity index (χ4n) is 0.299. The third kappa shape index (κ3) is 6.03. The Morgan fingerprint density at radius 2 is 2.14 bits per heavy atom. The van der Waals surface area contributed by atoms with Gasteiger partial charge >= 0.3 is 0 Å². The molecular weight excluding hydrogens is 108 g/mol. The molecular formula is C6H10Cl. The van der Waals surface area contributed by atoms with Crippen LogP contribution in [-0.2, 0) is 0 Å². The molecule has 0 nitrogen and oxygen atoms in total. The van der Waals surface area contributed by atoms with Gasteiger partial charge in [-0.3, -0.25) is 0 Å². The van der Waals surface area contributed by atoms with E-state index in [0.717, 1.165) is 12.8 Å². The molecule has 0 rings (SSSR count). The summed E-state index contributed by atoms with van der Waals surface area (Å²) in [5, 5.41) is 0. The van der Waals surface area contributed by atoms with Gasteiger partial charge in [0.1, 0.15) is 0 Å². The Bertz CT molecular complexity index is 48.1. The molecule has 0 heterocycles. The number of alkyl halides is 1. The van der Waals surface area contributed by atoms with E-state index in [1.54, 1.807) is 0 Å². The molecule has 0 aromatic rings. The largest absolute Gasteiger partial charge is 0.122 e. The second-order valence-corrected chi connectivity index (χ2v) is 1.58. The van der Waals surface area contributed by atoms with E-state index in [4.69, 9.17) is 11.6 Å². The van der Waals surface area contributed by atoms with Crippen LogP contribution in [0, 0.1) is 6.92 Å². The van der Waals surface area contributed by atoms with E-state index in [9.17, 15) is 0 Å². The number of unbranched alkanes of at least 4 members (excludes halogenated alkanes) is 1. The van der Waals surface area contributed by atoms with Gasteiger partial charge in [-0.1, -0.05) is 19.1 Å². The molecule has 0 aromatic heterocycles. The van der Waals surface area contributed by atoms with Gasteiger partial charge in [0.15, 0.2) is 0 Å². The van der Waals surface area contributed by atoms with Crippen molar-refractivity contribution in [1.82, 2.24) is 0 Å². The van der Waals surface area contributed by atoms with Crippen LogP contribution in [0.25, 0.3) is 0 Å². The molecule has 7 heavy (non-hydrogen) atoms. The van der Waals surface area contributed by atoms with E-state index in [0.29, 0.717) is 5.88 Å². The van der Waals surface area contributed by atoms with Crippen LogP contribution >= 0.6 is 11.6 Å². The van der Waals surface area contributed by atoms with Gasteiger partial charge in [-0.15, -0.1) is 11.6 Å². The zero-order valence-electron chi connectivity index (χ0n) is 4.36. The van der Waals surface area contributed by atoms with Crippen LogP contribution in [0.5, 0.6) is 0 Å². The van der Waals surface area contributed by atoms with Gasteiger partial charge in [-0.25, -0.2) is 0 Å². The summed E-state index contributed by atoms with van der Waals surface area (Å²) in [6.45, 7) is 3.66. The number of halogens is 1. The first kappa shape index (κ1) is 7.03. The molecule has 0 aliphatic rings. The predicted molar refractivity (Wildman–Crippen MR) is 34.5 cm³/mol. The minimum atomic E-state index is 0.625. The van der Waals surface area contributed by atoms with Crippen molar-refractivity contribution in [1.29, 1.82) is 0 Å². The van der Waals surface area contributed by atoms with Crippen molar-refractivity contribution in [3.05, 3.63) is 19.1 Å². The first-order valence-corrected chi connectivity index (χ1v) is 2.95. The van der Waals surface area contributed by atoms with E-state index in [1.165, 1.54) is 0 Å². The van der Waals surface area contributed by atoms with Crippen LogP contribution in [-0.4, -0.2) is 5.88 Å². The van der Waals surface area contributed by atoms with E-state index in [1.807, 2.05) is 12.2 Å². The first-order chi connectivity index (χ1) is 3.41. The van der Waals surface area contributed by atoms with Gasteiger partial charge in [0, 0.05) is 5.88 Å². The lowest BCUT2D eigenvalue weighted by molar-refractivity contribution is 1.05. The molecule has 1 radical (unpaired) electrons. The van der Waals surface area contributed by atoms with Crippen molar-refractivity contribution in [3.8, 4) is 0 Å². The van der Waals surface area contributed by atoms with E-state index < -0.39 is 0 Å². The van der Waals surface area contributed by atoms with Crippen LogP contribution < -0.4 is 0 Å². The van der Waals surface area contributed by atoms with Crippen molar-refractivity contribution < 1.29 is 0 Å². The Balaban J connectivity index is 2.78. The van der Waals surface area contributed by atoms with Gasteiger partial charge in [0.25, 0.3) is 0 Å². The Hall–Kier alpha value is 0.0300. The molecule has 0 unspecified atom stereocenters. The summed E-state index contributed by atoms with van der Waals surface area (Å²) in [5.74, 6) is 0.625. The highest BCUT2D eigenvalue weighted by Gasteiger charge is 1.69. The summed E-state index contributed by atoms with van der Waals surface area (Å²) in [5.41, 5.74) is 0.